The average Bonchev–Trinajstić information content (AvgIpc) is 2.39. The van der Waals surface area contributed by atoms with Crippen molar-refractivity contribution in [3.05, 3.63) is 35.4 Å². The van der Waals surface area contributed by atoms with Gasteiger partial charge in [0, 0.05) is 31.1 Å². The minimum atomic E-state index is 1.06. The van der Waals surface area contributed by atoms with E-state index in [0.717, 1.165) is 19.5 Å². The van der Waals surface area contributed by atoms with Gasteiger partial charge in [-0.2, -0.15) is 11.8 Å². The van der Waals surface area contributed by atoms with Gasteiger partial charge in [-0.15, -0.1) is 0 Å². The summed E-state index contributed by atoms with van der Waals surface area (Å²) in [5, 5.41) is 3.19. The summed E-state index contributed by atoms with van der Waals surface area (Å²) < 4.78 is 0. The van der Waals surface area contributed by atoms with Crippen molar-refractivity contribution in [1.29, 1.82) is 0 Å². The first-order valence-corrected chi connectivity index (χ1v) is 7.56. The second-order valence-corrected chi connectivity index (χ2v) is 5.78. The summed E-state index contributed by atoms with van der Waals surface area (Å²) in [6.07, 6.45) is 1.12. The third kappa shape index (κ3) is 4.34. The molecule has 0 unspecified atom stereocenters. The fraction of sp³-hybridized carbons (Fsp3) is 0.571. The van der Waals surface area contributed by atoms with Crippen LogP contribution in [0.5, 0.6) is 0 Å². The highest BCUT2D eigenvalue weighted by Crippen LogP contribution is 2.13. The van der Waals surface area contributed by atoms with E-state index >= 15 is 0 Å². The van der Waals surface area contributed by atoms with Gasteiger partial charge in [0.25, 0.3) is 0 Å². The molecule has 1 N–H and O–H groups in total. The largest absolute Gasteiger partial charge is 0.319 e. The van der Waals surface area contributed by atoms with Crippen LogP contribution in [0.25, 0.3) is 0 Å². The molecular weight excluding hydrogens is 228 g/mol. The number of hydrogen-bond donors (Lipinski definition) is 1. The van der Waals surface area contributed by atoms with Crippen LogP contribution in [0.1, 0.15) is 11.1 Å². The van der Waals surface area contributed by atoms with E-state index < -0.39 is 0 Å². The zero-order chi connectivity index (χ0) is 11.9. The minimum Gasteiger partial charge on any atom is -0.319 e. The lowest BCUT2D eigenvalue weighted by molar-refractivity contribution is 0.294. The molecule has 0 aromatic heterocycles. The summed E-state index contributed by atoms with van der Waals surface area (Å²) >= 11 is 2.07. The molecule has 1 aromatic carbocycles. The number of nitrogens with one attached hydrogen (secondary N) is 1. The zero-order valence-corrected chi connectivity index (χ0v) is 11.4. The van der Waals surface area contributed by atoms with Crippen LogP contribution >= 0.6 is 11.8 Å². The standard InChI is InChI=1S/C14H22N2S/c1-15-7-6-13-2-4-14(5-3-13)12-16-8-10-17-11-9-16/h2-5,15H,6-12H2,1H3. The summed E-state index contributed by atoms with van der Waals surface area (Å²) in [6.45, 7) is 4.66. The number of thioether (sulfide) groups is 1. The predicted molar refractivity (Wildman–Crippen MR) is 76.7 cm³/mol. The smallest absolute Gasteiger partial charge is 0.0234 e. The Bertz CT molecular complexity index is 317. The number of likely N-dealkylation sites (N-methyl/N-ethyl adjacent to an activating group) is 1. The Balaban J connectivity index is 1.84. The summed E-state index contributed by atoms with van der Waals surface area (Å²) in [5.41, 5.74) is 2.88. The van der Waals surface area contributed by atoms with Crippen molar-refractivity contribution in [3.8, 4) is 0 Å². The van der Waals surface area contributed by atoms with E-state index in [1.165, 1.54) is 35.7 Å². The number of rotatable bonds is 5. The highest BCUT2D eigenvalue weighted by atomic mass is 32.2. The van der Waals surface area contributed by atoms with E-state index in [0.29, 0.717) is 0 Å². The first-order chi connectivity index (χ1) is 8.38. The highest BCUT2D eigenvalue weighted by Gasteiger charge is 2.10. The summed E-state index contributed by atoms with van der Waals surface area (Å²) in [6, 6.07) is 9.11. The van der Waals surface area contributed by atoms with Gasteiger partial charge in [0.1, 0.15) is 0 Å². The van der Waals surface area contributed by atoms with E-state index in [9.17, 15) is 0 Å². The van der Waals surface area contributed by atoms with Crippen molar-refractivity contribution < 1.29 is 0 Å². The number of hydrogen-bond acceptors (Lipinski definition) is 3. The molecule has 0 amide bonds. The molecule has 1 fully saturated rings. The number of nitrogens with zero attached hydrogens (tertiary/aromatic N) is 1. The lowest BCUT2D eigenvalue weighted by Gasteiger charge is -2.26. The third-order valence-electron chi connectivity index (χ3n) is 3.20. The van der Waals surface area contributed by atoms with Gasteiger partial charge in [-0.1, -0.05) is 24.3 Å². The van der Waals surface area contributed by atoms with Crippen LogP contribution < -0.4 is 5.32 Å². The molecule has 1 aliphatic heterocycles. The molecule has 0 radical (unpaired) electrons. The lowest BCUT2D eigenvalue weighted by atomic mass is 10.1. The van der Waals surface area contributed by atoms with Crippen LogP contribution in [-0.4, -0.2) is 43.1 Å². The maximum Gasteiger partial charge on any atom is 0.0234 e. The van der Waals surface area contributed by atoms with Gasteiger partial charge in [0.2, 0.25) is 0 Å². The second kappa shape index (κ2) is 7.04. The maximum absolute atomic E-state index is 3.19. The molecule has 0 spiro atoms. The predicted octanol–water partition coefficient (Wildman–Crippen LogP) is 2.00. The van der Waals surface area contributed by atoms with E-state index in [4.69, 9.17) is 0 Å². The van der Waals surface area contributed by atoms with E-state index in [1.807, 2.05) is 7.05 Å². The molecule has 0 bridgehead atoms. The summed E-state index contributed by atoms with van der Waals surface area (Å²) in [7, 11) is 2.00. The van der Waals surface area contributed by atoms with Crippen LogP contribution in [0.3, 0.4) is 0 Å². The molecule has 0 aliphatic carbocycles. The van der Waals surface area contributed by atoms with Crippen molar-refractivity contribution in [1.82, 2.24) is 10.2 Å². The molecule has 17 heavy (non-hydrogen) atoms. The van der Waals surface area contributed by atoms with Gasteiger partial charge in [0.05, 0.1) is 0 Å². The summed E-state index contributed by atoms with van der Waals surface area (Å²) in [4.78, 5) is 2.55. The molecule has 3 heteroatoms. The van der Waals surface area contributed by atoms with Crippen LogP contribution in [0, 0.1) is 0 Å². The molecule has 2 nitrogen and oxygen atoms in total. The van der Waals surface area contributed by atoms with Gasteiger partial charge in [-0.05, 0) is 31.1 Å². The third-order valence-corrected chi connectivity index (χ3v) is 4.14. The van der Waals surface area contributed by atoms with Crippen molar-refractivity contribution in [2.45, 2.75) is 13.0 Å². The Labute approximate surface area is 109 Å². The second-order valence-electron chi connectivity index (χ2n) is 4.56. The fourth-order valence-electron chi connectivity index (χ4n) is 2.10. The Morgan fingerprint density at radius 3 is 2.41 bits per heavy atom. The van der Waals surface area contributed by atoms with Crippen molar-refractivity contribution in [2.24, 2.45) is 0 Å². The van der Waals surface area contributed by atoms with E-state index in [1.54, 1.807) is 0 Å². The van der Waals surface area contributed by atoms with Crippen LogP contribution in [0.2, 0.25) is 0 Å². The Morgan fingerprint density at radius 2 is 1.76 bits per heavy atom. The molecule has 0 atom stereocenters. The Kier molecular flexibility index (Phi) is 5.36. The normalized spacial score (nSPS) is 17.2. The van der Waals surface area contributed by atoms with Gasteiger partial charge in [-0.25, -0.2) is 0 Å². The minimum absolute atomic E-state index is 1.06. The van der Waals surface area contributed by atoms with Gasteiger partial charge in [0.15, 0.2) is 0 Å². The molecule has 1 heterocycles. The molecule has 1 aromatic rings. The van der Waals surface area contributed by atoms with Gasteiger partial charge < -0.3 is 5.32 Å². The fourth-order valence-corrected chi connectivity index (χ4v) is 3.08. The van der Waals surface area contributed by atoms with E-state index in [-0.39, 0.29) is 0 Å². The maximum atomic E-state index is 3.19. The van der Waals surface area contributed by atoms with Crippen molar-refractivity contribution in [3.63, 3.8) is 0 Å². The van der Waals surface area contributed by atoms with Gasteiger partial charge in [-0.3, -0.25) is 4.90 Å². The van der Waals surface area contributed by atoms with E-state index in [2.05, 4.69) is 46.2 Å². The molecule has 0 saturated carbocycles. The Hall–Kier alpha value is -0.510. The molecule has 2 rings (SSSR count). The average molecular weight is 250 g/mol. The first kappa shape index (κ1) is 12.9. The quantitative estimate of drug-likeness (QED) is 0.860. The van der Waals surface area contributed by atoms with Crippen LogP contribution in [0.4, 0.5) is 0 Å². The zero-order valence-electron chi connectivity index (χ0n) is 10.6. The lowest BCUT2D eigenvalue weighted by Crippen LogP contribution is -2.31. The SMILES string of the molecule is CNCCc1ccc(CN2CCSCC2)cc1. The molecule has 1 saturated heterocycles. The monoisotopic (exact) mass is 250 g/mol. The molecule has 1 aliphatic rings. The summed E-state index contributed by atoms with van der Waals surface area (Å²) in [5.74, 6) is 2.58. The first-order valence-electron chi connectivity index (χ1n) is 6.41. The number of benzene rings is 1. The highest BCUT2D eigenvalue weighted by molar-refractivity contribution is 7.99. The molecular formula is C14H22N2S. The van der Waals surface area contributed by atoms with Crippen molar-refractivity contribution in [2.75, 3.05) is 38.2 Å². The van der Waals surface area contributed by atoms with Crippen LogP contribution in [-0.2, 0) is 13.0 Å². The molecule has 94 valence electrons. The van der Waals surface area contributed by atoms with Crippen LogP contribution in [0.15, 0.2) is 24.3 Å². The van der Waals surface area contributed by atoms with Gasteiger partial charge >= 0.3 is 0 Å². The van der Waals surface area contributed by atoms with Crippen molar-refractivity contribution >= 4 is 11.8 Å². The topological polar surface area (TPSA) is 15.3 Å². The Morgan fingerprint density at radius 1 is 1.12 bits per heavy atom.